The molecule has 0 spiro atoms. The fraction of sp³-hybridized carbons (Fsp3) is 0.174. The van der Waals surface area contributed by atoms with Crippen LogP contribution in [-0.2, 0) is 41.4 Å². The number of aromatic hydroxyl groups is 2. The maximum absolute atomic E-state index is 10.9. The van der Waals surface area contributed by atoms with Crippen molar-refractivity contribution in [2.75, 3.05) is 0 Å². The molecule has 3 aromatic carbocycles. The fourth-order valence-corrected chi connectivity index (χ4v) is 2.87. The van der Waals surface area contributed by atoms with E-state index in [9.17, 15) is 15.0 Å². The van der Waals surface area contributed by atoms with E-state index in [1.54, 1.807) is 42.5 Å². The zero-order chi connectivity index (χ0) is 20.6. The van der Waals surface area contributed by atoms with Crippen LogP contribution in [0.15, 0.2) is 66.7 Å². The van der Waals surface area contributed by atoms with Crippen LogP contribution in [0, 0.1) is 0 Å². The number of phenols is 2. The number of aliphatic carboxylic acids is 1. The minimum Gasteiger partial charge on any atom is -0.682 e. The summed E-state index contributed by atoms with van der Waals surface area (Å²) >= 11 is 0. The van der Waals surface area contributed by atoms with E-state index in [-0.39, 0.29) is 41.5 Å². The first-order valence-corrected chi connectivity index (χ1v) is 9.26. The molecule has 3 aromatic rings. The first kappa shape index (κ1) is 23.1. The molecular weight excluding hydrogens is 424 g/mol. The predicted octanol–water partition coefficient (Wildman–Crippen LogP) is 5.52. The third-order valence-corrected chi connectivity index (χ3v) is 4.49. The van der Waals surface area contributed by atoms with Crippen LogP contribution in [0.1, 0.15) is 23.1 Å². The molecule has 0 bridgehead atoms. The number of carboxylic acid groups (broad SMARTS) is 1. The summed E-state index contributed by atoms with van der Waals surface area (Å²) in [7, 11) is 0. The molecule has 30 heavy (non-hydrogen) atoms. The Morgan fingerprint density at radius 1 is 0.767 bits per heavy atom. The minimum absolute atomic E-state index is 0. The summed E-state index contributed by atoms with van der Waals surface area (Å²) in [5.41, 5.74) is 3.50. The number of benzene rings is 3. The number of rotatable bonds is 9. The molecule has 6 nitrogen and oxygen atoms in total. The second kappa shape index (κ2) is 11.1. The quantitative estimate of drug-likeness (QED) is 0.376. The van der Waals surface area contributed by atoms with E-state index >= 15 is 0 Å². The second-order valence-electron chi connectivity index (χ2n) is 6.61. The van der Waals surface area contributed by atoms with E-state index in [1.165, 1.54) is 0 Å². The van der Waals surface area contributed by atoms with E-state index in [0.29, 0.717) is 35.5 Å². The molecule has 0 aliphatic heterocycles. The van der Waals surface area contributed by atoms with Crippen molar-refractivity contribution in [2.45, 2.75) is 25.9 Å². The summed E-state index contributed by atoms with van der Waals surface area (Å²) in [6, 6.07) is 19.5. The van der Waals surface area contributed by atoms with E-state index < -0.39 is 5.97 Å². The van der Waals surface area contributed by atoms with Gasteiger partial charge in [-0.25, -0.2) is 0 Å². The van der Waals surface area contributed by atoms with E-state index in [0.717, 1.165) is 5.56 Å². The third-order valence-electron chi connectivity index (χ3n) is 4.49. The summed E-state index contributed by atoms with van der Waals surface area (Å²) in [6.07, 6.45) is 0.432. The van der Waals surface area contributed by atoms with Crippen molar-refractivity contribution in [1.82, 2.24) is 0 Å². The normalized spacial score (nSPS) is 10.1. The molecule has 0 aliphatic rings. The predicted molar refractivity (Wildman–Crippen MR) is 112 cm³/mol. The van der Waals surface area contributed by atoms with Gasteiger partial charge in [0.1, 0.15) is 11.5 Å². The van der Waals surface area contributed by atoms with Crippen LogP contribution in [0.4, 0.5) is 11.4 Å². The van der Waals surface area contributed by atoms with Gasteiger partial charge in [-0.1, -0.05) is 54.6 Å². The van der Waals surface area contributed by atoms with Gasteiger partial charge in [-0.3, -0.25) is 4.79 Å². The third kappa shape index (κ3) is 6.44. The zero-order valence-electron chi connectivity index (χ0n) is 16.2. The molecule has 0 saturated heterocycles. The second-order valence-corrected chi connectivity index (χ2v) is 6.61. The van der Waals surface area contributed by atoms with Crippen LogP contribution < -0.4 is 0 Å². The van der Waals surface area contributed by atoms with Gasteiger partial charge in [0.05, 0.1) is 0 Å². The summed E-state index contributed by atoms with van der Waals surface area (Å²) in [5, 5.41) is 38.0. The largest absolute Gasteiger partial charge is 2.00 e. The molecule has 0 heterocycles. The smallest absolute Gasteiger partial charge is 0.682 e. The monoisotopic (exact) mass is 446 g/mol. The Morgan fingerprint density at radius 2 is 1.30 bits per heavy atom. The van der Waals surface area contributed by atoms with Gasteiger partial charge in [0, 0.05) is 6.42 Å². The van der Waals surface area contributed by atoms with Crippen LogP contribution in [0.25, 0.3) is 10.6 Å². The molecule has 0 aliphatic carbocycles. The number of hydrogen-bond donors (Lipinski definition) is 3. The van der Waals surface area contributed by atoms with E-state index in [2.05, 4.69) is 10.6 Å². The Kier molecular flexibility index (Phi) is 8.59. The van der Waals surface area contributed by atoms with Gasteiger partial charge >= 0.3 is 23.0 Å². The number of phenolic OH excluding ortho intramolecular Hbond substituents is 2. The maximum Gasteiger partial charge on any atom is 2.00 e. The number of aryl methyl sites for hydroxylation is 1. The van der Waals surface area contributed by atoms with Gasteiger partial charge in [0.2, 0.25) is 0 Å². The summed E-state index contributed by atoms with van der Waals surface area (Å²) in [6.45, 7) is 0.564. The van der Waals surface area contributed by atoms with Crippen molar-refractivity contribution in [3.05, 3.63) is 94.1 Å². The molecule has 0 atom stereocenters. The zero-order valence-corrected chi connectivity index (χ0v) is 17.3. The van der Waals surface area contributed by atoms with Gasteiger partial charge in [-0.2, -0.15) is 11.4 Å². The number of hydrogen-bond acceptors (Lipinski definition) is 3. The Bertz CT molecular complexity index is 994. The van der Waals surface area contributed by atoms with Gasteiger partial charge in [0.25, 0.3) is 0 Å². The number of carboxylic acids is 1. The number of para-hydroxylation sites is 2. The first-order valence-electron chi connectivity index (χ1n) is 9.26. The SMILES string of the molecule is O=C(O)CCc1ccc([N-]Cc2ccccc2O)c([N-]Cc2ccccc2O)c1.[Fe+2]. The molecule has 7 heteroatoms. The molecule has 0 aromatic heterocycles. The Balaban J connectivity index is 0.00000320. The molecule has 3 N–H and O–H groups in total. The maximum atomic E-state index is 10.9. The Labute approximate surface area is 186 Å². The molecule has 0 unspecified atom stereocenters. The van der Waals surface area contributed by atoms with Gasteiger partial charge in [-0.05, 0) is 35.2 Å². The number of nitrogens with zero attached hydrogens (tertiary/aromatic N) is 2. The van der Waals surface area contributed by atoms with Crippen LogP contribution in [0.3, 0.4) is 0 Å². The van der Waals surface area contributed by atoms with Gasteiger partial charge in [-0.15, -0.1) is 13.1 Å². The first-order chi connectivity index (χ1) is 14.0. The Morgan fingerprint density at radius 3 is 1.83 bits per heavy atom. The van der Waals surface area contributed by atoms with Crippen molar-refractivity contribution < 1.29 is 37.2 Å². The molecule has 3 rings (SSSR count). The molecule has 0 saturated carbocycles. The molecule has 0 radical (unpaired) electrons. The van der Waals surface area contributed by atoms with E-state index in [4.69, 9.17) is 5.11 Å². The molecule has 156 valence electrons. The van der Waals surface area contributed by atoms with Crippen LogP contribution in [0.2, 0.25) is 0 Å². The number of carbonyl (C=O) groups is 1. The van der Waals surface area contributed by atoms with Crippen molar-refractivity contribution in [2.24, 2.45) is 0 Å². The van der Waals surface area contributed by atoms with E-state index in [1.807, 2.05) is 24.3 Å². The molecular formula is C23H22FeN2O4. The van der Waals surface area contributed by atoms with Crippen LogP contribution in [0.5, 0.6) is 11.5 Å². The van der Waals surface area contributed by atoms with Crippen molar-refractivity contribution in [3.63, 3.8) is 0 Å². The fourth-order valence-electron chi connectivity index (χ4n) is 2.87. The summed E-state index contributed by atoms with van der Waals surface area (Å²) in [4.78, 5) is 10.9. The summed E-state index contributed by atoms with van der Waals surface area (Å²) < 4.78 is 0. The standard InChI is InChI=1S/C23H22N2O4.Fe/c26-21-7-3-1-5-17(21)14-24-19-11-9-16(10-12-23(28)29)13-20(19)25-15-18-6-2-4-8-22(18)27;/h1-9,11,13,26-27H,10,12,14-15H2,(H,28,29);/q-2;+2. The van der Waals surface area contributed by atoms with Gasteiger partial charge in [0.15, 0.2) is 0 Å². The average molecular weight is 446 g/mol. The van der Waals surface area contributed by atoms with Crippen LogP contribution >= 0.6 is 0 Å². The minimum atomic E-state index is -0.856. The average Bonchev–Trinajstić information content (AvgIpc) is 2.71. The van der Waals surface area contributed by atoms with Crippen molar-refractivity contribution >= 4 is 17.3 Å². The topological polar surface area (TPSA) is 106 Å². The molecule has 0 fully saturated rings. The van der Waals surface area contributed by atoms with Gasteiger partial charge < -0.3 is 26.0 Å². The van der Waals surface area contributed by atoms with Crippen LogP contribution in [-0.4, -0.2) is 21.3 Å². The Hall–Kier alpha value is -3.15. The summed E-state index contributed by atoms with van der Waals surface area (Å²) in [5.74, 6) is -0.501. The van der Waals surface area contributed by atoms with Crippen molar-refractivity contribution in [3.8, 4) is 11.5 Å². The molecule has 0 amide bonds. The van der Waals surface area contributed by atoms with Crippen molar-refractivity contribution in [1.29, 1.82) is 0 Å².